The molecule has 0 aliphatic rings. The van der Waals surface area contributed by atoms with Gasteiger partial charge in [-0.15, -0.1) is 0 Å². The van der Waals surface area contributed by atoms with E-state index < -0.39 is 0 Å². The Balaban J connectivity index is 1.95. The molecule has 0 fully saturated rings. The summed E-state index contributed by atoms with van der Waals surface area (Å²) in [4.78, 5) is 11.2. The molecule has 5 heteroatoms. The third-order valence-electron chi connectivity index (χ3n) is 3.63. The van der Waals surface area contributed by atoms with Crippen LogP contribution in [0.2, 0.25) is 0 Å². The standard InChI is InChI=1S/C19H26N4O/c1-4-20-19(22-14-12-17-7-5-6-13-21-17)23(2)15-16-8-10-18(24-3)11-9-16/h5-11,13H,4,12,14-15H2,1-3H3,(H,20,22). The van der Waals surface area contributed by atoms with Crippen LogP contribution in [0.15, 0.2) is 53.7 Å². The molecular formula is C19H26N4O. The molecule has 1 N–H and O–H groups in total. The lowest BCUT2D eigenvalue weighted by Crippen LogP contribution is -2.38. The first-order valence-corrected chi connectivity index (χ1v) is 8.25. The largest absolute Gasteiger partial charge is 0.497 e. The molecule has 0 bridgehead atoms. The Labute approximate surface area is 144 Å². The molecule has 1 heterocycles. The Morgan fingerprint density at radius 1 is 1.21 bits per heavy atom. The first-order valence-electron chi connectivity index (χ1n) is 8.25. The van der Waals surface area contributed by atoms with Crippen molar-refractivity contribution in [1.29, 1.82) is 0 Å². The van der Waals surface area contributed by atoms with E-state index in [1.54, 1.807) is 7.11 Å². The van der Waals surface area contributed by atoms with Crippen LogP contribution in [0.4, 0.5) is 0 Å². The van der Waals surface area contributed by atoms with Gasteiger partial charge in [-0.1, -0.05) is 18.2 Å². The van der Waals surface area contributed by atoms with Gasteiger partial charge in [0.05, 0.1) is 7.11 Å². The van der Waals surface area contributed by atoms with E-state index in [2.05, 4.69) is 34.3 Å². The Kier molecular flexibility index (Phi) is 7.08. The summed E-state index contributed by atoms with van der Waals surface area (Å²) in [5.74, 6) is 1.78. The molecule has 0 saturated heterocycles. The highest BCUT2D eigenvalue weighted by molar-refractivity contribution is 5.79. The summed E-state index contributed by atoms with van der Waals surface area (Å²) >= 11 is 0. The van der Waals surface area contributed by atoms with Gasteiger partial charge < -0.3 is 15.0 Å². The van der Waals surface area contributed by atoms with Gasteiger partial charge in [0.2, 0.25) is 0 Å². The molecule has 128 valence electrons. The van der Waals surface area contributed by atoms with Crippen LogP contribution in [0, 0.1) is 0 Å². The van der Waals surface area contributed by atoms with E-state index in [1.165, 1.54) is 5.56 Å². The third-order valence-corrected chi connectivity index (χ3v) is 3.63. The number of aromatic nitrogens is 1. The smallest absolute Gasteiger partial charge is 0.193 e. The molecule has 0 spiro atoms. The summed E-state index contributed by atoms with van der Waals surface area (Å²) in [5.41, 5.74) is 2.28. The van der Waals surface area contributed by atoms with Crippen molar-refractivity contribution in [3.05, 3.63) is 59.9 Å². The number of rotatable bonds is 7. The Hall–Kier alpha value is -2.56. The van der Waals surface area contributed by atoms with Crippen molar-refractivity contribution in [1.82, 2.24) is 15.2 Å². The Bertz CT molecular complexity index is 626. The number of pyridine rings is 1. The Morgan fingerprint density at radius 3 is 2.62 bits per heavy atom. The van der Waals surface area contributed by atoms with Crippen molar-refractivity contribution in [3.63, 3.8) is 0 Å². The molecule has 0 aliphatic heterocycles. The molecule has 0 saturated carbocycles. The predicted octanol–water partition coefficient (Wildman–Crippen LogP) is 2.73. The number of ether oxygens (including phenoxy) is 1. The van der Waals surface area contributed by atoms with Gasteiger partial charge in [0.15, 0.2) is 5.96 Å². The number of aliphatic imine (C=N–C) groups is 1. The molecule has 0 aliphatic carbocycles. The molecule has 1 aromatic carbocycles. The lowest BCUT2D eigenvalue weighted by molar-refractivity contribution is 0.414. The van der Waals surface area contributed by atoms with Crippen molar-refractivity contribution >= 4 is 5.96 Å². The van der Waals surface area contributed by atoms with Crippen LogP contribution in [0.1, 0.15) is 18.2 Å². The first kappa shape index (κ1) is 17.8. The van der Waals surface area contributed by atoms with Crippen LogP contribution in [0.5, 0.6) is 5.75 Å². The fraction of sp³-hybridized carbons (Fsp3) is 0.368. The van der Waals surface area contributed by atoms with Crippen molar-refractivity contribution in [2.45, 2.75) is 19.9 Å². The van der Waals surface area contributed by atoms with Crippen molar-refractivity contribution in [3.8, 4) is 5.75 Å². The summed E-state index contributed by atoms with van der Waals surface area (Å²) in [5, 5.41) is 3.34. The van der Waals surface area contributed by atoms with Gasteiger partial charge in [-0.05, 0) is 36.8 Å². The van der Waals surface area contributed by atoms with Gasteiger partial charge >= 0.3 is 0 Å². The highest BCUT2D eigenvalue weighted by atomic mass is 16.5. The van der Waals surface area contributed by atoms with Crippen LogP contribution in [0.25, 0.3) is 0 Å². The van der Waals surface area contributed by atoms with Crippen LogP contribution in [-0.4, -0.2) is 43.1 Å². The molecule has 0 atom stereocenters. The van der Waals surface area contributed by atoms with Crippen LogP contribution < -0.4 is 10.1 Å². The first-order chi connectivity index (χ1) is 11.7. The molecule has 24 heavy (non-hydrogen) atoms. The average Bonchev–Trinajstić information content (AvgIpc) is 2.62. The maximum absolute atomic E-state index is 5.20. The van der Waals surface area contributed by atoms with E-state index in [0.29, 0.717) is 6.54 Å². The van der Waals surface area contributed by atoms with Crippen molar-refractivity contribution in [2.24, 2.45) is 4.99 Å². The normalized spacial score (nSPS) is 11.2. The lowest BCUT2D eigenvalue weighted by atomic mass is 10.2. The van der Waals surface area contributed by atoms with E-state index in [0.717, 1.165) is 36.9 Å². The maximum Gasteiger partial charge on any atom is 0.193 e. The van der Waals surface area contributed by atoms with Crippen molar-refractivity contribution in [2.75, 3.05) is 27.2 Å². The molecule has 0 unspecified atom stereocenters. The summed E-state index contributed by atoms with van der Waals surface area (Å²) in [6.45, 7) is 4.43. The highest BCUT2D eigenvalue weighted by Gasteiger charge is 2.06. The quantitative estimate of drug-likeness (QED) is 0.628. The molecular weight excluding hydrogens is 300 g/mol. The fourth-order valence-corrected chi connectivity index (χ4v) is 2.37. The topological polar surface area (TPSA) is 49.8 Å². The van der Waals surface area contributed by atoms with Crippen LogP contribution in [-0.2, 0) is 13.0 Å². The van der Waals surface area contributed by atoms with Gasteiger partial charge in [0.25, 0.3) is 0 Å². The number of hydrogen-bond acceptors (Lipinski definition) is 3. The van der Waals surface area contributed by atoms with Gasteiger partial charge in [0, 0.05) is 45.0 Å². The molecule has 0 radical (unpaired) electrons. The second-order valence-electron chi connectivity index (χ2n) is 5.51. The molecule has 1 aromatic heterocycles. The van der Waals surface area contributed by atoms with Gasteiger partial charge in [-0.25, -0.2) is 0 Å². The second kappa shape index (κ2) is 9.55. The number of methoxy groups -OCH3 is 1. The second-order valence-corrected chi connectivity index (χ2v) is 5.51. The predicted molar refractivity (Wildman–Crippen MR) is 98.4 cm³/mol. The SMILES string of the molecule is CCNC(=NCCc1ccccn1)N(C)Cc1ccc(OC)cc1. The fourth-order valence-electron chi connectivity index (χ4n) is 2.37. The number of benzene rings is 1. The molecule has 5 nitrogen and oxygen atoms in total. The number of nitrogens with zero attached hydrogens (tertiary/aromatic N) is 3. The molecule has 2 aromatic rings. The van der Waals surface area contributed by atoms with Crippen LogP contribution >= 0.6 is 0 Å². The van der Waals surface area contributed by atoms with Gasteiger partial charge in [0.1, 0.15) is 5.75 Å². The Morgan fingerprint density at radius 2 is 2.00 bits per heavy atom. The van der Waals surface area contributed by atoms with Crippen LogP contribution in [0.3, 0.4) is 0 Å². The molecule has 2 rings (SSSR count). The summed E-state index contributed by atoms with van der Waals surface area (Å²) in [6, 6.07) is 14.1. The van der Waals surface area contributed by atoms with Gasteiger partial charge in [-0.3, -0.25) is 9.98 Å². The summed E-state index contributed by atoms with van der Waals surface area (Å²) < 4.78 is 5.20. The monoisotopic (exact) mass is 326 g/mol. The van der Waals surface area contributed by atoms with E-state index in [1.807, 2.05) is 43.6 Å². The lowest BCUT2D eigenvalue weighted by Gasteiger charge is -2.22. The average molecular weight is 326 g/mol. The van der Waals surface area contributed by atoms with E-state index in [-0.39, 0.29) is 0 Å². The highest BCUT2D eigenvalue weighted by Crippen LogP contribution is 2.12. The molecule has 0 amide bonds. The van der Waals surface area contributed by atoms with Crippen molar-refractivity contribution < 1.29 is 4.74 Å². The minimum Gasteiger partial charge on any atom is -0.497 e. The zero-order valence-corrected chi connectivity index (χ0v) is 14.7. The third kappa shape index (κ3) is 5.57. The number of guanidine groups is 1. The number of hydrogen-bond donors (Lipinski definition) is 1. The van der Waals surface area contributed by atoms with E-state index in [4.69, 9.17) is 9.73 Å². The zero-order valence-electron chi connectivity index (χ0n) is 14.7. The van der Waals surface area contributed by atoms with E-state index in [9.17, 15) is 0 Å². The summed E-state index contributed by atoms with van der Waals surface area (Å²) in [7, 11) is 3.73. The summed E-state index contributed by atoms with van der Waals surface area (Å²) in [6.07, 6.45) is 2.66. The maximum atomic E-state index is 5.20. The zero-order chi connectivity index (χ0) is 17.2. The minimum absolute atomic E-state index is 0.715. The minimum atomic E-state index is 0.715. The van der Waals surface area contributed by atoms with Gasteiger partial charge in [-0.2, -0.15) is 0 Å². The van der Waals surface area contributed by atoms with E-state index >= 15 is 0 Å². The number of nitrogens with one attached hydrogen (secondary N) is 1.